The number of ether oxygens (including phenoxy) is 2. The minimum Gasteiger partial charge on any atom is -0.382 e. The van der Waals surface area contributed by atoms with E-state index in [1.165, 1.54) is 11.1 Å². The number of halogens is 1. The van der Waals surface area contributed by atoms with Crippen LogP contribution >= 0.6 is 24.0 Å². The zero-order valence-electron chi connectivity index (χ0n) is 14.7. The predicted octanol–water partition coefficient (Wildman–Crippen LogP) is 2.67. The summed E-state index contributed by atoms with van der Waals surface area (Å²) in [4.78, 5) is 6.46. The Morgan fingerprint density at radius 2 is 1.96 bits per heavy atom. The summed E-state index contributed by atoms with van der Waals surface area (Å²) < 4.78 is 10.4. The number of rotatable bonds is 9. The van der Waals surface area contributed by atoms with E-state index in [4.69, 9.17) is 9.47 Å². The van der Waals surface area contributed by atoms with E-state index in [1.807, 2.05) is 7.05 Å². The van der Waals surface area contributed by atoms with Crippen molar-refractivity contribution in [3.63, 3.8) is 0 Å². The molecule has 5 nitrogen and oxygen atoms in total. The summed E-state index contributed by atoms with van der Waals surface area (Å²) in [5.74, 6) is 0.903. The van der Waals surface area contributed by atoms with Crippen LogP contribution in [0.1, 0.15) is 17.5 Å². The third-order valence-electron chi connectivity index (χ3n) is 3.42. The third kappa shape index (κ3) is 9.12. The normalized spacial score (nSPS) is 11.0. The Balaban J connectivity index is 0.00000484. The molecule has 0 amide bonds. The van der Waals surface area contributed by atoms with E-state index in [2.05, 4.69) is 53.4 Å². The number of hydrogen-bond acceptors (Lipinski definition) is 3. The summed E-state index contributed by atoms with van der Waals surface area (Å²) in [6.07, 6.45) is 0.945. The van der Waals surface area contributed by atoms with Crippen molar-refractivity contribution in [2.24, 2.45) is 4.99 Å². The van der Waals surface area contributed by atoms with Gasteiger partial charge in [-0.25, -0.2) is 0 Å². The van der Waals surface area contributed by atoms with Gasteiger partial charge in [0.2, 0.25) is 0 Å². The van der Waals surface area contributed by atoms with Crippen LogP contribution in [0.5, 0.6) is 0 Å². The van der Waals surface area contributed by atoms with Crippen LogP contribution in [-0.2, 0) is 16.0 Å². The van der Waals surface area contributed by atoms with E-state index < -0.39 is 0 Å². The van der Waals surface area contributed by atoms with Gasteiger partial charge in [-0.05, 0) is 24.5 Å². The summed E-state index contributed by atoms with van der Waals surface area (Å²) in [7, 11) is 5.54. The summed E-state index contributed by atoms with van der Waals surface area (Å²) in [5, 5.41) is 3.36. The second-order valence-electron chi connectivity index (χ2n) is 5.22. The average molecular weight is 435 g/mol. The first-order valence-electron chi connectivity index (χ1n) is 7.72. The van der Waals surface area contributed by atoms with Gasteiger partial charge in [0.1, 0.15) is 0 Å². The van der Waals surface area contributed by atoms with Crippen molar-refractivity contribution in [3.8, 4) is 0 Å². The zero-order chi connectivity index (χ0) is 16.2. The highest BCUT2D eigenvalue weighted by Crippen LogP contribution is 2.09. The maximum atomic E-state index is 5.44. The quantitative estimate of drug-likeness (QED) is 0.281. The van der Waals surface area contributed by atoms with Gasteiger partial charge < -0.3 is 19.7 Å². The van der Waals surface area contributed by atoms with Crippen molar-refractivity contribution in [1.29, 1.82) is 0 Å². The summed E-state index contributed by atoms with van der Waals surface area (Å²) in [5.41, 5.74) is 2.62. The number of hydrogen-bond donors (Lipinski definition) is 1. The second-order valence-corrected chi connectivity index (χ2v) is 5.22. The molecule has 6 heteroatoms. The SMILES string of the molecule is CN=C(NCCCOCCOC)N(C)Cc1ccccc1C.I. The molecule has 1 aromatic rings. The smallest absolute Gasteiger partial charge is 0.193 e. The van der Waals surface area contributed by atoms with E-state index in [1.54, 1.807) is 7.11 Å². The van der Waals surface area contributed by atoms with Crippen LogP contribution in [0.15, 0.2) is 29.3 Å². The highest BCUT2D eigenvalue weighted by atomic mass is 127. The van der Waals surface area contributed by atoms with E-state index >= 15 is 0 Å². The Kier molecular flexibility index (Phi) is 13.1. The van der Waals surface area contributed by atoms with Crippen molar-refractivity contribution in [2.45, 2.75) is 19.9 Å². The first-order chi connectivity index (χ1) is 10.7. The molecule has 132 valence electrons. The van der Waals surface area contributed by atoms with Gasteiger partial charge in [0, 0.05) is 40.9 Å². The predicted molar refractivity (Wildman–Crippen MR) is 107 cm³/mol. The minimum absolute atomic E-state index is 0. The lowest BCUT2D eigenvalue weighted by molar-refractivity contribution is 0.0698. The van der Waals surface area contributed by atoms with Gasteiger partial charge in [-0.2, -0.15) is 0 Å². The Morgan fingerprint density at radius 1 is 1.22 bits per heavy atom. The number of methoxy groups -OCH3 is 1. The Morgan fingerprint density at radius 3 is 2.61 bits per heavy atom. The average Bonchev–Trinajstić information content (AvgIpc) is 2.52. The molecule has 0 fully saturated rings. The number of nitrogens with zero attached hydrogens (tertiary/aromatic N) is 2. The fraction of sp³-hybridized carbons (Fsp3) is 0.588. The molecule has 0 aliphatic rings. The summed E-state index contributed by atoms with van der Waals surface area (Å²) >= 11 is 0. The third-order valence-corrected chi connectivity index (χ3v) is 3.42. The first kappa shape index (κ1) is 22.1. The van der Waals surface area contributed by atoms with Gasteiger partial charge in [-0.1, -0.05) is 24.3 Å². The van der Waals surface area contributed by atoms with Crippen molar-refractivity contribution >= 4 is 29.9 Å². The van der Waals surface area contributed by atoms with Gasteiger partial charge in [0.25, 0.3) is 0 Å². The Hall–Kier alpha value is -0.860. The van der Waals surface area contributed by atoms with Gasteiger partial charge in [0.05, 0.1) is 13.2 Å². The van der Waals surface area contributed by atoms with Gasteiger partial charge >= 0.3 is 0 Å². The minimum atomic E-state index is 0. The highest BCUT2D eigenvalue weighted by molar-refractivity contribution is 14.0. The van der Waals surface area contributed by atoms with Crippen molar-refractivity contribution < 1.29 is 9.47 Å². The van der Waals surface area contributed by atoms with Crippen molar-refractivity contribution in [2.75, 3.05) is 47.6 Å². The van der Waals surface area contributed by atoms with E-state index in [0.29, 0.717) is 13.2 Å². The van der Waals surface area contributed by atoms with Crippen LogP contribution in [0.2, 0.25) is 0 Å². The molecule has 0 saturated carbocycles. The van der Waals surface area contributed by atoms with Crippen molar-refractivity contribution in [1.82, 2.24) is 10.2 Å². The Labute approximate surface area is 157 Å². The number of aryl methyl sites for hydroxylation is 1. The fourth-order valence-electron chi connectivity index (χ4n) is 2.12. The van der Waals surface area contributed by atoms with Crippen LogP contribution in [0.3, 0.4) is 0 Å². The molecular weight excluding hydrogens is 405 g/mol. The number of aliphatic imine (C=N–C) groups is 1. The molecule has 23 heavy (non-hydrogen) atoms. The van der Waals surface area contributed by atoms with E-state index in [-0.39, 0.29) is 24.0 Å². The molecule has 1 rings (SSSR count). The largest absolute Gasteiger partial charge is 0.382 e. The molecule has 0 heterocycles. The molecule has 0 aliphatic heterocycles. The molecule has 0 atom stereocenters. The van der Waals surface area contributed by atoms with Crippen LogP contribution in [-0.4, -0.2) is 58.4 Å². The number of benzene rings is 1. The van der Waals surface area contributed by atoms with Crippen LogP contribution in [0.4, 0.5) is 0 Å². The fourth-order valence-corrected chi connectivity index (χ4v) is 2.12. The zero-order valence-corrected chi connectivity index (χ0v) is 17.0. The molecular formula is C17H30IN3O2. The monoisotopic (exact) mass is 435 g/mol. The molecule has 0 saturated heterocycles. The van der Waals surface area contributed by atoms with Gasteiger partial charge in [0.15, 0.2) is 5.96 Å². The summed E-state index contributed by atoms with van der Waals surface area (Å²) in [6.45, 7) is 5.85. The maximum Gasteiger partial charge on any atom is 0.193 e. The molecule has 0 bridgehead atoms. The lowest BCUT2D eigenvalue weighted by Gasteiger charge is -2.23. The molecule has 1 N–H and O–H groups in total. The van der Waals surface area contributed by atoms with Crippen LogP contribution in [0.25, 0.3) is 0 Å². The lowest BCUT2D eigenvalue weighted by atomic mass is 10.1. The van der Waals surface area contributed by atoms with Crippen LogP contribution in [0, 0.1) is 6.92 Å². The number of guanidine groups is 1. The summed E-state index contributed by atoms with van der Waals surface area (Å²) in [6, 6.07) is 8.43. The molecule has 0 aliphatic carbocycles. The van der Waals surface area contributed by atoms with E-state index in [0.717, 1.165) is 32.1 Å². The number of nitrogens with one attached hydrogen (secondary N) is 1. The molecule has 0 radical (unpaired) electrons. The second kappa shape index (κ2) is 13.6. The molecule has 0 unspecified atom stereocenters. The van der Waals surface area contributed by atoms with Gasteiger partial charge in [-0.15, -0.1) is 24.0 Å². The maximum absolute atomic E-state index is 5.44. The highest BCUT2D eigenvalue weighted by Gasteiger charge is 2.07. The topological polar surface area (TPSA) is 46.1 Å². The Bertz CT molecular complexity index is 455. The molecule has 0 aromatic heterocycles. The standard InChI is InChI=1S/C17H29N3O2.HI/c1-15-8-5-6-9-16(15)14-20(3)17(18-2)19-10-7-11-22-13-12-21-4;/h5-6,8-9H,7,10-14H2,1-4H3,(H,18,19);1H. The molecule has 0 spiro atoms. The lowest BCUT2D eigenvalue weighted by Crippen LogP contribution is -2.39. The van der Waals surface area contributed by atoms with E-state index in [9.17, 15) is 0 Å². The first-order valence-corrected chi connectivity index (χ1v) is 7.72. The van der Waals surface area contributed by atoms with Crippen molar-refractivity contribution in [3.05, 3.63) is 35.4 Å². The molecule has 1 aromatic carbocycles. The van der Waals surface area contributed by atoms with Crippen LogP contribution < -0.4 is 5.32 Å². The van der Waals surface area contributed by atoms with Gasteiger partial charge in [-0.3, -0.25) is 4.99 Å².